The number of carbonyl (C=O) groups excluding carboxylic acids is 2. The average molecular weight is 457 g/mol. The molecule has 178 valence electrons. The Kier molecular flexibility index (Phi) is 7.47. The molecule has 0 bridgehead atoms. The van der Waals surface area contributed by atoms with E-state index in [0.717, 1.165) is 43.4 Å². The smallest absolute Gasteiger partial charge is 0.410 e. The van der Waals surface area contributed by atoms with E-state index in [9.17, 15) is 9.59 Å². The first-order chi connectivity index (χ1) is 16.1. The minimum atomic E-state index is -0.204. The Morgan fingerprint density at radius 3 is 2.67 bits per heavy atom. The second-order valence-corrected chi connectivity index (χ2v) is 8.63. The normalized spacial score (nSPS) is 19.1. The lowest BCUT2D eigenvalue weighted by atomic mass is 10.00. The predicted molar refractivity (Wildman–Crippen MR) is 121 cm³/mol. The van der Waals surface area contributed by atoms with Crippen LogP contribution in [0.25, 0.3) is 11.4 Å². The standard InChI is InChI=1S/C24H32N4O5/c1-3-4-5-19-16-32-24(30)28(19)18-12-14-27(15-13-18)22(29)11-10-21-25-23(26-33-21)17-6-8-20(31-2)9-7-17/h6-9,18-19H,3-5,10-16H2,1-2H3. The first-order valence-corrected chi connectivity index (χ1v) is 11.8. The van der Waals surface area contributed by atoms with Crippen LogP contribution in [0, 0.1) is 0 Å². The highest BCUT2D eigenvalue weighted by atomic mass is 16.6. The van der Waals surface area contributed by atoms with E-state index in [2.05, 4.69) is 17.1 Å². The van der Waals surface area contributed by atoms with Gasteiger partial charge in [-0.15, -0.1) is 0 Å². The van der Waals surface area contributed by atoms with Gasteiger partial charge in [0.2, 0.25) is 17.6 Å². The minimum absolute atomic E-state index is 0.0733. The number of aromatic nitrogens is 2. The molecule has 0 spiro atoms. The van der Waals surface area contributed by atoms with Crippen molar-refractivity contribution in [2.75, 3.05) is 26.8 Å². The molecule has 1 aromatic carbocycles. The van der Waals surface area contributed by atoms with Gasteiger partial charge in [0.1, 0.15) is 12.4 Å². The third-order valence-corrected chi connectivity index (χ3v) is 6.47. The summed E-state index contributed by atoms with van der Waals surface area (Å²) in [6, 6.07) is 7.73. The van der Waals surface area contributed by atoms with E-state index in [4.69, 9.17) is 14.0 Å². The topological polar surface area (TPSA) is 98.0 Å². The van der Waals surface area contributed by atoms with Gasteiger partial charge < -0.3 is 18.9 Å². The molecule has 2 amide bonds. The van der Waals surface area contributed by atoms with Crippen molar-refractivity contribution in [1.29, 1.82) is 0 Å². The lowest BCUT2D eigenvalue weighted by Gasteiger charge is -2.38. The number of unbranched alkanes of at least 4 members (excludes halogenated alkanes) is 1. The molecule has 2 saturated heterocycles. The number of aryl methyl sites for hydroxylation is 1. The van der Waals surface area contributed by atoms with Gasteiger partial charge in [0.25, 0.3) is 0 Å². The molecular formula is C24H32N4O5. The van der Waals surface area contributed by atoms with Crippen molar-refractivity contribution in [2.24, 2.45) is 0 Å². The second-order valence-electron chi connectivity index (χ2n) is 8.63. The van der Waals surface area contributed by atoms with Crippen molar-refractivity contribution in [3.05, 3.63) is 30.2 Å². The van der Waals surface area contributed by atoms with Crippen LogP contribution in [-0.4, -0.2) is 70.8 Å². The van der Waals surface area contributed by atoms with E-state index in [1.165, 1.54) is 0 Å². The number of hydrogen-bond acceptors (Lipinski definition) is 7. The number of carbonyl (C=O) groups is 2. The van der Waals surface area contributed by atoms with Gasteiger partial charge in [-0.3, -0.25) is 9.69 Å². The van der Waals surface area contributed by atoms with E-state index in [1.54, 1.807) is 7.11 Å². The van der Waals surface area contributed by atoms with Gasteiger partial charge in [-0.1, -0.05) is 24.9 Å². The molecule has 33 heavy (non-hydrogen) atoms. The molecule has 0 N–H and O–H groups in total. The van der Waals surface area contributed by atoms with Crippen LogP contribution >= 0.6 is 0 Å². The Hall–Kier alpha value is -3.10. The number of hydrogen-bond donors (Lipinski definition) is 0. The van der Waals surface area contributed by atoms with Crippen molar-refractivity contribution in [1.82, 2.24) is 19.9 Å². The molecular weight excluding hydrogens is 424 g/mol. The number of cyclic esters (lactones) is 1. The highest BCUT2D eigenvalue weighted by Crippen LogP contribution is 2.27. The molecule has 9 nitrogen and oxygen atoms in total. The zero-order valence-corrected chi connectivity index (χ0v) is 19.4. The molecule has 2 aliphatic heterocycles. The minimum Gasteiger partial charge on any atom is -0.497 e. The Morgan fingerprint density at radius 1 is 1.21 bits per heavy atom. The molecule has 4 rings (SSSR count). The maximum Gasteiger partial charge on any atom is 0.410 e. The van der Waals surface area contributed by atoms with Crippen molar-refractivity contribution in [2.45, 2.75) is 64.0 Å². The van der Waals surface area contributed by atoms with Crippen molar-refractivity contribution < 1.29 is 23.6 Å². The first-order valence-electron chi connectivity index (χ1n) is 11.8. The monoisotopic (exact) mass is 456 g/mol. The average Bonchev–Trinajstić information content (AvgIpc) is 3.48. The summed E-state index contributed by atoms with van der Waals surface area (Å²) in [7, 11) is 1.62. The van der Waals surface area contributed by atoms with E-state index >= 15 is 0 Å². The van der Waals surface area contributed by atoms with Crippen LogP contribution in [0.2, 0.25) is 0 Å². The number of benzene rings is 1. The number of nitrogens with zero attached hydrogens (tertiary/aromatic N) is 4. The molecule has 0 saturated carbocycles. The summed E-state index contributed by atoms with van der Waals surface area (Å²) < 4.78 is 15.8. The molecule has 2 aliphatic rings. The van der Waals surface area contributed by atoms with E-state index in [0.29, 0.717) is 44.3 Å². The van der Waals surface area contributed by atoms with Crippen LogP contribution in [0.1, 0.15) is 51.3 Å². The zero-order valence-electron chi connectivity index (χ0n) is 19.4. The maximum atomic E-state index is 12.7. The van der Waals surface area contributed by atoms with Crippen LogP contribution in [0.4, 0.5) is 4.79 Å². The molecule has 9 heteroatoms. The maximum absolute atomic E-state index is 12.7. The number of amides is 2. The van der Waals surface area contributed by atoms with E-state index in [1.807, 2.05) is 34.1 Å². The van der Waals surface area contributed by atoms with Crippen LogP contribution in [0.15, 0.2) is 28.8 Å². The third kappa shape index (κ3) is 5.46. The molecule has 2 fully saturated rings. The van der Waals surface area contributed by atoms with Crippen LogP contribution in [-0.2, 0) is 16.0 Å². The van der Waals surface area contributed by atoms with Crippen molar-refractivity contribution >= 4 is 12.0 Å². The Balaban J connectivity index is 1.25. The Morgan fingerprint density at radius 2 is 1.97 bits per heavy atom. The van der Waals surface area contributed by atoms with Gasteiger partial charge in [-0.25, -0.2) is 4.79 Å². The number of ether oxygens (including phenoxy) is 2. The van der Waals surface area contributed by atoms with Crippen LogP contribution in [0.5, 0.6) is 5.75 Å². The highest BCUT2D eigenvalue weighted by Gasteiger charge is 2.39. The van der Waals surface area contributed by atoms with Crippen molar-refractivity contribution in [3.63, 3.8) is 0 Å². The van der Waals surface area contributed by atoms with Gasteiger partial charge in [0, 0.05) is 37.5 Å². The van der Waals surface area contributed by atoms with E-state index in [-0.39, 0.29) is 24.1 Å². The fourth-order valence-electron chi connectivity index (χ4n) is 4.56. The van der Waals surface area contributed by atoms with Crippen molar-refractivity contribution in [3.8, 4) is 17.1 Å². The first kappa shape index (κ1) is 23.1. The molecule has 0 aliphatic carbocycles. The molecule has 2 aromatic rings. The summed E-state index contributed by atoms with van der Waals surface area (Å²) in [6.07, 6.45) is 5.25. The second kappa shape index (κ2) is 10.7. The SMILES string of the molecule is CCCCC1COC(=O)N1C1CCN(C(=O)CCc2nc(-c3ccc(OC)cc3)no2)CC1. The van der Waals surface area contributed by atoms with Crippen LogP contribution < -0.4 is 4.74 Å². The lowest BCUT2D eigenvalue weighted by molar-refractivity contribution is -0.132. The zero-order chi connectivity index (χ0) is 23.2. The molecule has 0 radical (unpaired) electrons. The summed E-state index contributed by atoms with van der Waals surface area (Å²) in [4.78, 5) is 33.2. The summed E-state index contributed by atoms with van der Waals surface area (Å²) in [5.74, 6) is 1.78. The van der Waals surface area contributed by atoms with Gasteiger partial charge in [0.15, 0.2) is 0 Å². The summed E-state index contributed by atoms with van der Waals surface area (Å²) in [5, 5.41) is 4.02. The fourth-order valence-corrected chi connectivity index (χ4v) is 4.56. The predicted octanol–water partition coefficient (Wildman–Crippen LogP) is 3.68. The van der Waals surface area contributed by atoms with Gasteiger partial charge >= 0.3 is 6.09 Å². The number of likely N-dealkylation sites (tertiary alicyclic amines) is 1. The summed E-state index contributed by atoms with van der Waals surface area (Å²) in [5.41, 5.74) is 0.830. The van der Waals surface area contributed by atoms with Gasteiger partial charge in [0.05, 0.1) is 13.2 Å². The lowest BCUT2D eigenvalue weighted by Crippen LogP contribution is -2.49. The number of rotatable bonds is 9. The van der Waals surface area contributed by atoms with Gasteiger partial charge in [-0.2, -0.15) is 4.98 Å². The fraction of sp³-hybridized carbons (Fsp3) is 0.583. The third-order valence-electron chi connectivity index (χ3n) is 6.47. The number of piperidine rings is 1. The molecule has 1 unspecified atom stereocenters. The van der Waals surface area contributed by atoms with E-state index < -0.39 is 0 Å². The van der Waals surface area contributed by atoms with Crippen LogP contribution in [0.3, 0.4) is 0 Å². The Labute approximate surface area is 194 Å². The van der Waals surface area contributed by atoms with Gasteiger partial charge in [-0.05, 0) is 43.5 Å². The highest BCUT2D eigenvalue weighted by molar-refractivity contribution is 5.76. The largest absolute Gasteiger partial charge is 0.497 e. The quantitative estimate of drug-likeness (QED) is 0.568. The number of methoxy groups -OCH3 is 1. The Bertz CT molecular complexity index is 937. The molecule has 1 aromatic heterocycles. The molecule has 1 atom stereocenters. The molecule has 3 heterocycles. The summed E-state index contributed by atoms with van der Waals surface area (Å²) in [6.45, 7) is 3.93. The summed E-state index contributed by atoms with van der Waals surface area (Å²) >= 11 is 0.